The molecule has 3 heteroatoms. The highest BCUT2D eigenvalue weighted by Crippen LogP contribution is 2.24. The number of ether oxygens (including phenoxy) is 1. The summed E-state index contributed by atoms with van der Waals surface area (Å²) in [5, 5.41) is 5.25. The first-order chi connectivity index (χ1) is 12.8. The molecule has 0 aliphatic carbocycles. The van der Waals surface area contributed by atoms with Gasteiger partial charge in [0.1, 0.15) is 5.75 Å². The molecule has 3 aromatic carbocycles. The molecule has 0 aliphatic heterocycles. The van der Waals surface area contributed by atoms with Gasteiger partial charge >= 0.3 is 0 Å². The zero-order valence-electron chi connectivity index (χ0n) is 16.5. The normalized spacial score (nSPS) is 12.6. The lowest BCUT2D eigenvalue weighted by Crippen LogP contribution is -2.31. The van der Waals surface area contributed by atoms with Crippen molar-refractivity contribution in [2.45, 2.75) is 39.2 Å². The van der Waals surface area contributed by atoms with Gasteiger partial charge in [0, 0.05) is 0 Å². The fraction of sp³-hybridized carbons (Fsp3) is 0.292. The van der Waals surface area contributed by atoms with Gasteiger partial charge in [-0.1, -0.05) is 75.4 Å². The van der Waals surface area contributed by atoms with Gasteiger partial charge in [-0.15, -0.1) is 0 Å². The highest BCUT2D eigenvalue weighted by molar-refractivity contribution is 5.84. The molecule has 0 radical (unpaired) electrons. The number of benzene rings is 3. The molecule has 0 bridgehead atoms. The van der Waals surface area contributed by atoms with E-state index in [4.69, 9.17) is 4.74 Å². The zero-order chi connectivity index (χ0) is 19.4. The molecule has 27 heavy (non-hydrogen) atoms. The van der Waals surface area contributed by atoms with Crippen LogP contribution in [0.25, 0.3) is 10.8 Å². The van der Waals surface area contributed by atoms with E-state index in [0.29, 0.717) is 5.75 Å². The van der Waals surface area contributed by atoms with Crippen LogP contribution in [0, 0.1) is 0 Å². The Kier molecular flexibility index (Phi) is 5.50. The number of amides is 1. The highest BCUT2D eigenvalue weighted by Gasteiger charge is 2.15. The van der Waals surface area contributed by atoms with Crippen LogP contribution in [0.2, 0.25) is 0 Å². The van der Waals surface area contributed by atoms with Crippen molar-refractivity contribution >= 4 is 16.7 Å². The van der Waals surface area contributed by atoms with Crippen molar-refractivity contribution in [3.63, 3.8) is 0 Å². The molecular formula is C24H27NO2. The fourth-order valence-electron chi connectivity index (χ4n) is 3.04. The molecule has 3 rings (SSSR count). The van der Waals surface area contributed by atoms with Crippen LogP contribution < -0.4 is 10.1 Å². The van der Waals surface area contributed by atoms with E-state index >= 15 is 0 Å². The second-order valence-electron chi connectivity index (χ2n) is 7.96. The molecule has 1 N–H and O–H groups in total. The lowest BCUT2D eigenvalue weighted by Gasteiger charge is -2.20. The van der Waals surface area contributed by atoms with Crippen molar-refractivity contribution in [2.24, 2.45) is 0 Å². The molecule has 0 saturated carbocycles. The standard InChI is InChI=1S/C24H27NO2/c1-17(18-9-12-21(13-10-18)24(2,3)4)25-23(26)16-27-22-14-11-19-7-5-6-8-20(19)15-22/h5-15,17H,16H2,1-4H3,(H,25,26)/t17-/m0/s1. The van der Waals surface area contributed by atoms with Crippen molar-refractivity contribution < 1.29 is 9.53 Å². The Bertz CT molecular complexity index is 923. The van der Waals surface area contributed by atoms with Crippen molar-refractivity contribution in [1.82, 2.24) is 5.32 Å². The molecule has 1 atom stereocenters. The summed E-state index contributed by atoms with van der Waals surface area (Å²) in [6.45, 7) is 8.56. The number of hydrogen-bond donors (Lipinski definition) is 1. The van der Waals surface area contributed by atoms with Crippen LogP contribution in [-0.2, 0) is 10.2 Å². The number of rotatable bonds is 5. The SMILES string of the molecule is C[C@H](NC(=O)COc1ccc2ccccc2c1)c1ccc(C(C)(C)C)cc1. The number of nitrogens with one attached hydrogen (secondary N) is 1. The monoisotopic (exact) mass is 361 g/mol. The molecule has 0 saturated heterocycles. The number of carbonyl (C=O) groups is 1. The maximum absolute atomic E-state index is 12.3. The molecule has 140 valence electrons. The summed E-state index contributed by atoms with van der Waals surface area (Å²) in [6.07, 6.45) is 0. The third kappa shape index (κ3) is 4.88. The topological polar surface area (TPSA) is 38.3 Å². The molecule has 0 spiro atoms. The minimum Gasteiger partial charge on any atom is -0.484 e. The van der Waals surface area contributed by atoms with Gasteiger partial charge in [0.2, 0.25) is 0 Å². The van der Waals surface area contributed by atoms with Crippen LogP contribution in [0.1, 0.15) is 44.9 Å². The van der Waals surface area contributed by atoms with Crippen LogP contribution in [-0.4, -0.2) is 12.5 Å². The predicted molar refractivity (Wildman–Crippen MR) is 111 cm³/mol. The van der Waals surface area contributed by atoms with Crippen molar-refractivity contribution in [2.75, 3.05) is 6.61 Å². The molecule has 0 aliphatic rings. The maximum Gasteiger partial charge on any atom is 0.258 e. The van der Waals surface area contributed by atoms with Crippen LogP contribution >= 0.6 is 0 Å². The van der Waals surface area contributed by atoms with Crippen molar-refractivity contribution in [1.29, 1.82) is 0 Å². The first-order valence-electron chi connectivity index (χ1n) is 9.34. The van der Waals surface area contributed by atoms with Crippen LogP contribution in [0.3, 0.4) is 0 Å². The summed E-state index contributed by atoms with van der Waals surface area (Å²) in [5.74, 6) is 0.571. The Hall–Kier alpha value is -2.81. The number of hydrogen-bond acceptors (Lipinski definition) is 2. The summed E-state index contributed by atoms with van der Waals surface area (Å²) in [6, 6.07) is 22.3. The van der Waals surface area contributed by atoms with Gasteiger partial charge in [-0.05, 0) is 46.4 Å². The van der Waals surface area contributed by atoms with Crippen LogP contribution in [0.15, 0.2) is 66.7 Å². The van der Waals surface area contributed by atoms with Gasteiger partial charge in [-0.25, -0.2) is 0 Å². The van der Waals surface area contributed by atoms with Gasteiger partial charge in [0.05, 0.1) is 6.04 Å². The Morgan fingerprint density at radius 3 is 2.30 bits per heavy atom. The van der Waals surface area contributed by atoms with E-state index in [1.54, 1.807) is 0 Å². The van der Waals surface area contributed by atoms with Crippen LogP contribution in [0.4, 0.5) is 0 Å². The second-order valence-corrected chi connectivity index (χ2v) is 7.96. The first kappa shape index (κ1) is 19.0. The Morgan fingerprint density at radius 1 is 0.963 bits per heavy atom. The lowest BCUT2D eigenvalue weighted by molar-refractivity contribution is -0.123. The third-order valence-corrected chi connectivity index (χ3v) is 4.75. The third-order valence-electron chi connectivity index (χ3n) is 4.75. The molecule has 0 fully saturated rings. The average molecular weight is 361 g/mol. The van der Waals surface area contributed by atoms with E-state index in [-0.39, 0.29) is 24.0 Å². The van der Waals surface area contributed by atoms with E-state index in [0.717, 1.165) is 16.3 Å². The summed E-state index contributed by atoms with van der Waals surface area (Å²) in [4.78, 5) is 12.3. The minimum absolute atomic E-state index is 0.00273. The Labute approximate surface area is 161 Å². The fourth-order valence-corrected chi connectivity index (χ4v) is 3.04. The second kappa shape index (κ2) is 7.83. The molecular weight excluding hydrogens is 334 g/mol. The number of fused-ring (bicyclic) bond motifs is 1. The smallest absolute Gasteiger partial charge is 0.258 e. The first-order valence-corrected chi connectivity index (χ1v) is 9.34. The number of carbonyl (C=O) groups excluding carboxylic acids is 1. The zero-order valence-corrected chi connectivity index (χ0v) is 16.5. The van der Waals surface area contributed by atoms with Gasteiger partial charge in [0.15, 0.2) is 6.61 Å². The highest BCUT2D eigenvalue weighted by atomic mass is 16.5. The largest absolute Gasteiger partial charge is 0.484 e. The van der Waals surface area contributed by atoms with Gasteiger partial charge < -0.3 is 10.1 Å². The van der Waals surface area contributed by atoms with E-state index < -0.39 is 0 Å². The molecule has 1 amide bonds. The molecule has 0 aromatic heterocycles. The van der Waals surface area contributed by atoms with E-state index in [1.165, 1.54) is 5.56 Å². The van der Waals surface area contributed by atoms with Gasteiger partial charge in [-0.2, -0.15) is 0 Å². The average Bonchev–Trinajstić information content (AvgIpc) is 2.65. The van der Waals surface area contributed by atoms with E-state index in [9.17, 15) is 4.79 Å². The molecule has 3 aromatic rings. The van der Waals surface area contributed by atoms with E-state index in [1.807, 2.05) is 43.3 Å². The van der Waals surface area contributed by atoms with Crippen molar-refractivity contribution in [3.8, 4) is 5.75 Å². The maximum atomic E-state index is 12.3. The van der Waals surface area contributed by atoms with Gasteiger partial charge in [0.25, 0.3) is 5.91 Å². The summed E-state index contributed by atoms with van der Waals surface area (Å²) in [5.41, 5.74) is 2.49. The van der Waals surface area contributed by atoms with Crippen LogP contribution in [0.5, 0.6) is 5.75 Å². The minimum atomic E-state index is -0.129. The summed E-state index contributed by atoms with van der Waals surface area (Å²) >= 11 is 0. The molecule has 0 unspecified atom stereocenters. The quantitative estimate of drug-likeness (QED) is 0.661. The van der Waals surface area contributed by atoms with E-state index in [2.05, 4.69) is 56.4 Å². The Morgan fingerprint density at radius 2 is 1.63 bits per heavy atom. The summed E-state index contributed by atoms with van der Waals surface area (Å²) in [7, 11) is 0. The molecule has 0 heterocycles. The lowest BCUT2D eigenvalue weighted by atomic mass is 9.86. The predicted octanol–water partition coefficient (Wildman–Crippen LogP) is 5.39. The molecule has 3 nitrogen and oxygen atoms in total. The van der Waals surface area contributed by atoms with Gasteiger partial charge in [-0.3, -0.25) is 4.79 Å². The Balaban J connectivity index is 1.56. The summed E-state index contributed by atoms with van der Waals surface area (Å²) < 4.78 is 5.66. The van der Waals surface area contributed by atoms with Crippen molar-refractivity contribution in [3.05, 3.63) is 77.9 Å².